The Hall–Kier alpha value is -1.91. The lowest BCUT2D eigenvalue weighted by molar-refractivity contribution is -0.138. The maximum atomic E-state index is 10.3. The van der Waals surface area contributed by atoms with Gasteiger partial charge in [0.25, 0.3) is 0 Å². The number of hydrogen-bond acceptors (Lipinski definition) is 3. The zero-order valence-corrected chi connectivity index (χ0v) is 8.72. The number of hydrogen-bond donors (Lipinski definition) is 2. The molecule has 0 aliphatic heterocycles. The summed E-state index contributed by atoms with van der Waals surface area (Å²) in [5, 5.41) is 17.0. The van der Waals surface area contributed by atoms with Crippen LogP contribution >= 0.6 is 0 Å². The Morgan fingerprint density at radius 3 is 2.19 bits per heavy atom. The predicted molar refractivity (Wildman–Crippen MR) is 56.2 cm³/mol. The number of aryl methyl sites for hydroxylation is 2. The molecule has 5 heteroatoms. The maximum absolute atomic E-state index is 10.3. The van der Waals surface area contributed by atoms with E-state index in [4.69, 9.17) is 10.2 Å². The van der Waals surface area contributed by atoms with Gasteiger partial charge < -0.3 is 10.2 Å². The Morgan fingerprint density at radius 2 is 1.69 bits per heavy atom. The third kappa shape index (κ3) is 4.54. The molecule has 0 atom stereocenters. The lowest BCUT2D eigenvalue weighted by atomic mass is 10.1. The Kier molecular flexibility index (Phi) is 4.44. The number of carbonyl (C=O) groups is 2. The standard InChI is InChI=1S/C11H13NO4/c13-10(14)5-2-8-1-3-9(12-7-8)4-6-11(15)16/h1,3,7H,2,4-6H2,(H,13,14)(H,15,16). The molecule has 0 amide bonds. The number of pyridine rings is 1. The molecule has 1 aromatic rings. The number of aliphatic carboxylic acids is 2. The van der Waals surface area contributed by atoms with E-state index in [-0.39, 0.29) is 12.8 Å². The Labute approximate surface area is 92.8 Å². The van der Waals surface area contributed by atoms with Gasteiger partial charge in [-0.3, -0.25) is 14.6 Å². The van der Waals surface area contributed by atoms with Crippen molar-refractivity contribution in [2.75, 3.05) is 0 Å². The molecule has 0 saturated carbocycles. The molecule has 0 aromatic carbocycles. The zero-order chi connectivity index (χ0) is 12.0. The van der Waals surface area contributed by atoms with Crippen molar-refractivity contribution in [3.8, 4) is 0 Å². The van der Waals surface area contributed by atoms with Crippen LogP contribution in [0.5, 0.6) is 0 Å². The lowest BCUT2D eigenvalue weighted by Gasteiger charge is -2.01. The highest BCUT2D eigenvalue weighted by molar-refractivity contribution is 5.67. The quantitative estimate of drug-likeness (QED) is 0.754. The minimum Gasteiger partial charge on any atom is -0.481 e. The van der Waals surface area contributed by atoms with Gasteiger partial charge >= 0.3 is 11.9 Å². The van der Waals surface area contributed by atoms with Crippen molar-refractivity contribution in [2.24, 2.45) is 0 Å². The van der Waals surface area contributed by atoms with Crippen LogP contribution < -0.4 is 0 Å². The molecule has 1 heterocycles. The minimum atomic E-state index is -0.850. The molecular formula is C11H13NO4. The fourth-order valence-corrected chi connectivity index (χ4v) is 1.24. The summed E-state index contributed by atoms with van der Waals surface area (Å²) in [7, 11) is 0. The molecule has 0 bridgehead atoms. The van der Waals surface area contributed by atoms with Gasteiger partial charge in [-0.15, -0.1) is 0 Å². The summed E-state index contributed by atoms with van der Waals surface area (Å²) in [5.74, 6) is -1.69. The van der Waals surface area contributed by atoms with Crippen LogP contribution in [0.25, 0.3) is 0 Å². The van der Waals surface area contributed by atoms with E-state index < -0.39 is 11.9 Å². The first-order valence-corrected chi connectivity index (χ1v) is 4.95. The number of rotatable bonds is 6. The maximum Gasteiger partial charge on any atom is 0.303 e. The first-order valence-electron chi connectivity index (χ1n) is 4.95. The van der Waals surface area contributed by atoms with Gasteiger partial charge in [-0.1, -0.05) is 6.07 Å². The van der Waals surface area contributed by atoms with Crippen LogP contribution in [0.4, 0.5) is 0 Å². The number of nitrogens with zero attached hydrogens (tertiary/aromatic N) is 1. The first-order chi connectivity index (χ1) is 7.58. The Morgan fingerprint density at radius 1 is 1.06 bits per heavy atom. The van der Waals surface area contributed by atoms with E-state index >= 15 is 0 Å². The summed E-state index contributed by atoms with van der Waals surface area (Å²) >= 11 is 0. The van der Waals surface area contributed by atoms with Crippen molar-refractivity contribution in [3.63, 3.8) is 0 Å². The normalized spacial score (nSPS) is 10.0. The second-order valence-electron chi connectivity index (χ2n) is 3.45. The molecule has 0 fully saturated rings. The van der Waals surface area contributed by atoms with Crippen LogP contribution in [-0.4, -0.2) is 27.1 Å². The largest absolute Gasteiger partial charge is 0.481 e. The summed E-state index contributed by atoms with van der Waals surface area (Å²) in [5.41, 5.74) is 1.56. The molecule has 0 radical (unpaired) electrons. The van der Waals surface area contributed by atoms with E-state index in [1.165, 1.54) is 0 Å². The average molecular weight is 223 g/mol. The van der Waals surface area contributed by atoms with Crippen molar-refractivity contribution in [1.29, 1.82) is 0 Å². The Bertz CT molecular complexity index is 335. The van der Waals surface area contributed by atoms with E-state index in [0.717, 1.165) is 5.56 Å². The highest BCUT2D eigenvalue weighted by Crippen LogP contribution is 2.05. The molecule has 1 aromatic heterocycles. The predicted octanol–water partition coefficient (Wildman–Crippen LogP) is 1.12. The SMILES string of the molecule is O=C(O)CCc1ccc(CCC(=O)O)nc1. The molecule has 2 N–H and O–H groups in total. The number of aromatic nitrogens is 1. The second kappa shape index (κ2) is 5.85. The van der Waals surface area contributed by atoms with Crippen LogP contribution in [0.2, 0.25) is 0 Å². The average Bonchev–Trinajstić information content (AvgIpc) is 2.25. The zero-order valence-electron chi connectivity index (χ0n) is 8.72. The monoisotopic (exact) mass is 223 g/mol. The summed E-state index contributed by atoms with van der Waals surface area (Å²) in [6.07, 6.45) is 2.58. The highest BCUT2D eigenvalue weighted by Gasteiger charge is 2.02. The van der Waals surface area contributed by atoms with E-state index in [1.54, 1.807) is 18.3 Å². The van der Waals surface area contributed by atoms with Gasteiger partial charge in [-0.05, 0) is 18.1 Å². The molecule has 86 valence electrons. The highest BCUT2D eigenvalue weighted by atomic mass is 16.4. The van der Waals surface area contributed by atoms with Gasteiger partial charge in [0.2, 0.25) is 0 Å². The summed E-state index contributed by atoms with van der Waals surface area (Å²) in [6, 6.07) is 3.52. The van der Waals surface area contributed by atoms with Gasteiger partial charge in [0.15, 0.2) is 0 Å². The van der Waals surface area contributed by atoms with Crippen molar-refractivity contribution >= 4 is 11.9 Å². The molecule has 5 nitrogen and oxygen atoms in total. The van der Waals surface area contributed by atoms with Crippen LogP contribution in [0.1, 0.15) is 24.1 Å². The van der Waals surface area contributed by atoms with E-state index in [1.807, 2.05) is 0 Å². The minimum absolute atomic E-state index is 0.0570. The third-order valence-electron chi connectivity index (χ3n) is 2.11. The van der Waals surface area contributed by atoms with Gasteiger partial charge in [0.1, 0.15) is 0 Å². The lowest BCUT2D eigenvalue weighted by Crippen LogP contribution is -2.01. The fourth-order valence-electron chi connectivity index (χ4n) is 1.24. The van der Waals surface area contributed by atoms with Gasteiger partial charge in [-0.2, -0.15) is 0 Å². The smallest absolute Gasteiger partial charge is 0.303 e. The van der Waals surface area contributed by atoms with Crippen LogP contribution in [0.15, 0.2) is 18.3 Å². The van der Waals surface area contributed by atoms with Crippen molar-refractivity contribution in [1.82, 2.24) is 4.98 Å². The van der Waals surface area contributed by atoms with Crippen molar-refractivity contribution in [2.45, 2.75) is 25.7 Å². The molecular weight excluding hydrogens is 210 g/mol. The van der Waals surface area contributed by atoms with Gasteiger partial charge in [0.05, 0.1) is 6.42 Å². The van der Waals surface area contributed by atoms with E-state index in [2.05, 4.69) is 4.98 Å². The fraction of sp³-hybridized carbons (Fsp3) is 0.364. The molecule has 16 heavy (non-hydrogen) atoms. The summed E-state index contributed by atoms with van der Waals surface area (Å²) < 4.78 is 0. The van der Waals surface area contributed by atoms with E-state index in [0.29, 0.717) is 18.5 Å². The Balaban J connectivity index is 2.47. The van der Waals surface area contributed by atoms with Crippen LogP contribution in [-0.2, 0) is 22.4 Å². The second-order valence-corrected chi connectivity index (χ2v) is 3.45. The summed E-state index contributed by atoms with van der Waals surface area (Å²) in [4.78, 5) is 24.7. The molecule has 0 unspecified atom stereocenters. The van der Waals surface area contributed by atoms with E-state index in [9.17, 15) is 9.59 Å². The van der Waals surface area contributed by atoms with Crippen molar-refractivity contribution < 1.29 is 19.8 Å². The molecule has 1 rings (SSSR count). The first kappa shape index (κ1) is 12.2. The number of carboxylic acid groups (broad SMARTS) is 2. The van der Waals surface area contributed by atoms with Crippen molar-refractivity contribution in [3.05, 3.63) is 29.6 Å². The van der Waals surface area contributed by atoms with Gasteiger partial charge in [0, 0.05) is 24.7 Å². The molecule has 0 aliphatic carbocycles. The number of carboxylic acids is 2. The molecule has 0 spiro atoms. The van der Waals surface area contributed by atoms with Gasteiger partial charge in [-0.25, -0.2) is 0 Å². The third-order valence-corrected chi connectivity index (χ3v) is 2.11. The topological polar surface area (TPSA) is 87.5 Å². The molecule has 0 saturated heterocycles. The molecule has 0 aliphatic rings. The van der Waals surface area contributed by atoms with Crippen LogP contribution in [0, 0.1) is 0 Å². The van der Waals surface area contributed by atoms with Crippen LogP contribution in [0.3, 0.4) is 0 Å². The summed E-state index contributed by atoms with van der Waals surface area (Å²) in [6.45, 7) is 0.